The second-order valence-electron chi connectivity index (χ2n) is 8.88. The van der Waals surface area contributed by atoms with Crippen molar-refractivity contribution in [3.63, 3.8) is 0 Å². The number of nitrogens with zero attached hydrogens (tertiary/aromatic N) is 4. The zero-order chi connectivity index (χ0) is 23.5. The fourth-order valence-corrected chi connectivity index (χ4v) is 4.62. The molecule has 0 unspecified atom stereocenters. The van der Waals surface area contributed by atoms with E-state index in [2.05, 4.69) is 32.7 Å². The molecule has 3 heterocycles. The number of aromatic nitrogens is 2. The number of carbonyl (C=O) groups excluding carboxylic acids is 2. The van der Waals surface area contributed by atoms with Crippen molar-refractivity contribution in [2.45, 2.75) is 32.2 Å². The van der Waals surface area contributed by atoms with Crippen LogP contribution < -0.4 is 0 Å². The van der Waals surface area contributed by atoms with Gasteiger partial charge >= 0.3 is 5.97 Å². The van der Waals surface area contributed by atoms with Gasteiger partial charge in [-0.05, 0) is 68.6 Å². The summed E-state index contributed by atoms with van der Waals surface area (Å²) in [7, 11) is 5.55. The van der Waals surface area contributed by atoms with Crippen LogP contribution >= 0.6 is 0 Å². The lowest BCUT2D eigenvalue weighted by Crippen LogP contribution is -2.33. The highest BCUT2D eigenvalue weighted by molar-refractivity contribution is 6.03. The number of likely N-dealkylation sites (tertiary alicyclic amines) is 1. The van der Waals surface area contributed by atoms with Gasteiger partial charge in [-0.25, -0.2) is 9.78 Å². The summed E-state index contributed by atoms with van der Waals surface area (Å²) in [6, 6.07) is 11.9. The standard InChI is InChI=1S/C26H32N4O3/c1-5-33-26(32)22-10-13-27-24-23(22)16-21(29(24)4)17-30-14-11-19(12-15-30)18-6-8-20(9-7-18)25(31)28(2)3/h6-10,13,16,19H,5,11-12,14-15,17H2,1-4H3. The van der Waals surface area contributed by atoms with Gasteiger partial charge in [-0.2, -0.15) is 0 Å². The molecule has 1 aliphatic rings. The van der Waals surface area contributed by atoms with Gasteiger partial charge in [-0.15, -0.1) is 0 Å². The predicted octanol–water partition coefficient (Wildman–Crippen LogP) is 3.83. The third-order valence-corrected chi connectivity index (χ3v) is 6.53. The van der Waals surface area contributed by atoms with Gasteiger partial charge < -0.3 is 14.2 Å². The maximum absolute atomic E-state index is 12.3. The number of piperidine rings is 1. The number of aryl methyl sites for hydroxylation is 1. The third kappa shape index (κ3) is 4.78. The summed E-state index contributed by atoms with van der Waals surface area (Å²) in [5, 5.41) is 0.843. The molecule has 1 aliphatic heterocycles. The highest BCUT2D eigenvalue weighted by atomic mass is 16.5. The van der Waals surface area contributed by atoms with Crippen LogP contribution in [0.25, 0.3) is 11.0 Å². The Labute approximate surface area is 195 Å². The molecule has 0 spiro atoms. The van der Waals surface area contributed by atoms with Crippen LogP contribution in [-0.2, 0) is 18.3 Å². The molecule has 7 nitrogen and oxygen atoms in total. The molecule has 7 heteroatoms. The topological polar surface area (TPSA) is 67.7 Å². The maximum atomic E-state index is 12.3. The monoisotopic (exact) mass is 448 g/mol. The lowest BCUT2D eigenvalue weighted by Gasteiger charge is -2.32. The van der Waals surface area contributed by atoms with Crippen LogP contribution in [0.1, 0.15) is 57.7 Å². The molecule has 1 saturated heterocycles. The van der Waals surface area contributed by atoms with Crippen LogP contribution in [0, 0.1) is 0 Å². The molecule has 1 fully saturated rings. The summed E-state index contributed by atoms with van der Waals surface area (Å²) in [6.45, 7) is 4.99. The van der Waals surface area contributed by atoms with Crippen LogP contribution in [0.4, 0.5) is 0 Å². The van der Waals surface area contributed by atoms with Gasteiger partial charge in [0, 0.05) is 50.5 Å². The van der Waals surface area contributed by atoms with Crippen LogP contribution in [0.3, 0.4) is 0 Å². The Morgan fingerprint density at radius 3 is 2.45 bits per heavy atom. The normalized spacial score (nSPS) is 15.0. The number of esters is 1. The Morgan fingerprint density at radius 1 is 1.12 bits per heavy atom. The first-order valence-corrected chi connectivity index (χ1v) is 11.5. The fraction of sp³-hybridized carbons (Fsp3) is 0.423. The van der Waals surface area contributed by atoms with E-state index in [9.17, 15) is 9.59 Å². The number of pyridine rings is 1. The average molecular weight is 449 g/mol. The zero-order valence-electron chi connectivity index (χ0n) is 19.9. The summed E-state index contributed by atoms with van der Waals surface area (Å²) in [5.41, 5.74) is 4.54. The summed E-state index contributed by atoms with van der Waals surface area (Å²) in [4.78, 5) is 33.0. The molecule has 33 heavy (non-hydrogen) atoms. The molecule has 0 atom stereocenters. The Kier molecular flexibility index (Phi) is 6.79. The Hall–Kier alpha value is -3.19. The van der Waals surface area contributed by atoms with Gasteiger partial charge in [0.1, 0.15) is 5.65 Å². The molecule has 0 N–H and O–H groups in total. The molecule has 1 aromatic carbocycles. The van der Waals surface area contributed by atoms with Gasteiger partial charge in [0.15, 0.2) is 0 Å². The predicted molar refractivity (Wildman–Crippen MR) is 128 cm³/mol. The molecule has 174 valence electrons. The SMILES string of the molecule is CCOC(=O)c1ccnc2c1cc(CN1CCC(c3ccc(C(=O)N(C)C)cc3)CC1)n2C. The highest BCUT2D eigenvalue weighted by Crippen LogP contribution is 2.30. The minimum atomic E-state index is -0.304. The van der Waals surface area contributed by atoms with Gasteiger partial charge in [0.2, 0.25) is 0 Å². The van der Waals surface area contributed by atoms with Gasteiger partial charge in [-0.3, -0.25) is 9.69 Å². The maximum Gasteiger partial charge on any atom is 0.338 e. The minimum absolute atomic E-state index is 0.0342. The van der Waals surface area contributed by atoms with E-state index in [1.165, 1.54) is 5.56 Å². The third-order valence-electron chi connectivity index (χ3n) is 6.53. The first-order chi connectivity index (χ1) is 15.9. The van der Waals surface area contributed by atoms with Crippen LogP contribution in [0.15, 0.2) is 42.6 Å². The number of fused-ring (bicyclic) bond motifs is 1. The van der Waals surface area contributed by atoms with Crippen LogP contribution in [0.5, 0.6) is 0 Å². The smallest absolute Gasteiger partial charge is 0.338 e. The van der Waals surface area contributed by atoms with Crippen molar-refractivity contribution in [1.82, 2.24) is 19.4 Å². The van der Waals surface area contributed by atoms with Crippen molar-refractivity contribution < 1.29 is 14.3 Å². The number of amides is 1. The molecule has 0 bridgehead atoms. The first kappa shape index (κ1) is 23.0. The van der Waals surface area contributed by atoms with E-state index >= 15 is 0 Å². The lowest BCUT2D eigenvalue weighted by atomic mass is 9.89. The van der Waals surface area contributed by atoms with Gasteiger partial charge in [0.25, 0.3) is 5.91 Å². The van der Waals surface area contributed by atoms with E-state index in [0.29, 0.717) is 18.1 Å². The second-order valence-corrected chi connectivity index (χ2v) is 8.88. The first-order valence-electron chi connectivity index (χ1n) is 11.5. The van der Waals surface area contributed by atoms with Crippen molar-refractivity contribution in [1.29, 1.82) is 0 Å². The number of hydrogen-bond donors (Lipinski definition) is 0. The number of ether oxygens (including phenoxy) is 1. The molecule has 0 aliphatic carbocycles. The Balaban J connectivity index is 1.42. The van der Waals surface area contributed by atoms with Gasteiger partial charge in [0.05, 0.1) is 12.2 Å². The lowest BCUT2D eigenvalue weighted by molar-refractivity contribution is 0.0528. The number of carbonyl (C=O) groups is 2. The van der Waals surface area contributed by atoms with Crippen molar-refractivity contribution in [2.75, 3.05) is 33.8 Å². The van der Waals surface area contributed by atoms with Crippen molar-refractivity contribution >= 4 is 22.9 Å². The number of benzene rings is 1. The zero-order valence-corrected chi connectivity index (χ0v) is 19.9. The van der Waals surface area contributed by atoms with Crippen LogP contribution in [0.2, 0.25) is 0 Å². The van der Waals surface area contributed by atoms with E-state index < -0.39 is 0 Å². The van der Waals surface area contributed by atoms with E-state index in [1.807, 2.05) is 26.1 Å². The molecule has 2 aromatic heterocycles. The van der Waals surface area contributed by atoms with E-state index in [1.54, 1.807) is 31.3 Å². The average Bonchev–Trinajstić information content (AvgIpc) is 3.14. The molecule has 3 aromatic rings. The molecule has 0 saturated carbocycles. The van der Waals surface area contributed by atoms with Gasteiger partial charge in [-0.1, -0.05) is 12.1 Å². The largest absolute Gasteiger partial charge is 0.462 e. The Morgan fingerprint density at radius 2 is 1.82 bits per heavy atom. The fourth-order valence-electron chi connectivity index (χ4n) is 4.62. The molecule has 1 amide bonds. The Bertz CT molecular complexity index is 1140. The molecule has 0 radical (unpaired) electrons. The second kappa shape index (κ2) is 9.75. The minimum Gasteiger partial charge on any atom is -0.462 e. The van der Waals surface area contributed by atoms with E-state index in [4.69, 9.17) is 4.74 Å². The highest BCUT2D eigenvalue weighted by Gasteiger charge is 2.23. The summed E-state index contributed by atoms with van der Waals surface area (Å²) >= 11 is 0. The summed E-state index contributed by atoms with van der Waals surface area (Å²) in [6.07, 6.45) is 3.83. The molecular weight excluding hydrogens is 416 g/mol. The van der Waals surface area contributed by atoms with E-state index in [-0.39, 0.29) is 11.9 Å². The van der Waals surface area contributed by atoms with Crippen LogP contribution in [-0.4, -0.2) is 65.0 Å². The summed E-state index contributed by atoms with van der Waals surface area (Å²) < 4.78 is 7.29. The summed E-state index contributed by atoms with van der Waals surface area (Å²) in [5.74, 6) is 0.238. The number of hydrogen-bond acceptors (Lipinski definition) is 5. The van der Waals surface area contributed by atoms with Crippen molar-refractivity contribution in [2.24, 2.45) is 7.05 Å². The number of rotatable bonds is 6. The molecule has 4 rings (SSSR count). The quantitative estimate of drug-likeness (QED) is 0.536. The van der Waals surface area contributed by atoms with E-state index in [0.717, 1.165) is 54.8 Å². The van der Waals surface area contributed by atoms with Crippen molar-refractivity contribution in [3.05, 3.63) is 65.0 Å². The molecular formula is C26H32N4O3. The van der Waals surface area contributed by atoms with Crippen molar-refractivity contribution in [3.8, 4) is 0 Å².